The number of carbonyl (C=O) groups is 1. The van der Waals surface area contributed by atoms with Crippen LogP contribution in [-0.2, 0) is 0 Å². The highest BCUT2D eigenvalue weighted by Gasteiger charge is 2.12. The highest BCUT2D eigenvalue weighted by molar-refractivity contribution is 6.33. The number of hydrogen-bond acceptors (Lipinski definition) is 1. The predicted octanol–water partition coefficient (Wildman–Crippen LogP) is 5.55. The Morgan fingerprint density at radius 3 is 1.77 bits per heavy atom. The Morgan fingerprint density at radius 1 is 0.591 bits per heavy atom. The second kappa shape index (κ2) is 4.05. The molecule has 0 radical (unpaired) electrons. The number of rotatable bonds is 1. The predicted molar refractivity (Wildman–Crippen MR) is 93.0 cm³/mol. The maximum absolute atomic E-state index is 11.3. The van der Waals surface area contributed by atoms with Gasteiger partial charge >= 0.3 is 0 Å². The molecule has 22 heavy (non-hydrogen) atoms. The molecule has 0 aliphatic heterocycles. The second-order valence-corrected chi connectivity index (χ2v) is 5.80. The van der Waals surface area contributed by atoms with E-state index >= 15 is 0 Å². The van der Waals surface area contributed by atoms with Gasteiger partial charge in [0.25, 0.3) is 0 Å². The number of hydrogen-bond donors (Lipinski definition) is 0. The van der Waals surface area contributed by atoms with Gasteiger partial charge in [-0.1, -0.05) is 54.6 Å². The SMILES string of the molecule is O=Cc1cc2cccc3c4cccc5cccc(c(c1)c23)c54. The van der Waals surface area contributed by atoms with Gasteiger partial charge in [0.1, 0.15) is 6.29 Å². The molecule has 5 rings (SSSR count). The molecule has 0 spiro atoms. The summed E-state index contributed by atoms with van der Waals surface area (Å²) in [6, 6.07) is 23.2. The Kier molecular flexibility index (Phi) is 2.15. The van der Waals surface area contributed by atoms with Gasteiger partial charge in [0.2, 0.25) is 0 Å². The van der Waals surface area contributed by atoms with E-state index < -0.39 is 0 Å². The molecular formula is C21H12O. The quantitative estimate of drug-likeness (QED) is 0.223. The van der Waals surface area contributed by atoms with Crippen molar-refractivity contribution < 1.29 is 4.79 Å². The molecule has 0 unspecified atom stereocenters. The lowest BCUT2D eigenvalue weighted by molar-refractivity contribution is 0.112. The molecular weight excluding hydrogens is 268 g/mol. The van der Waals surface area contributed by atoms with Gasteiger partial charge in [-0.3, -0.25) is 4.79 Å². The summed E-state index contributed by atoms with van der Waals surface area (Å²) in [6.45, 7) is 0. The number of carbonyl (C=O) groups excluding carboxylic acids is 1. The number of fused-ring (bicyclic) bond motifs is 2. The van der Waals surface area contributed by atoms with Crippen LogP contribution in [0.3, 0.4) is 0 Å². The van der Waals surface area contributed by atoms with Gasteiger partial charge in [-0.2, -0.15) is 0 Å². The van der Waals surface area contributed by atoms with E-state index in [-0.39, 0.29) is 0 Å². The molecule has 5 aromatic carbocycles. The molecule has 0 fully saturated rings. The van der Waals surface area contributed by atoms with Crippen molar-refractivity contribution >= 4 is 49.4 Å². The Bertz CT molecular complexity index is 1180. The molecule has 0 amide bonds. The van der Waals surface area contributed by atoms with E-state index in [4.69, 9.17) is 0 Å². The van der Waals surface area contributed by atoms with Gasteiger partial charge in [-0.25, -0.2) is 0 Å². The third-order valence-corrected chi connectivity index (χ3v) is 4.62. The summed E-state index contributed by atoms with van der Waals surface area (Å²) in [5, 5.41) is 9.84. The van der Waals surface area contributed by atoms with Crippen molar-refractivity contribution in [2.24, 2.45) is 0 Å². The van der Waals surface area contributed by atoms with Crippen LogP contribution in [0.4, 0.5) is 0 Å². The zero-order chi connectivity index (χ0) is 14.7. The average molecular weight is 280 g/mol. The van der Waals surface area contributed by atoms with Crippen molar-refractivity contribution in [3.63, 3.8) is 0 Å². The molecule has 0 aliphatic rings. The first-order valence-electron chi connectivity index (χ1n) is 7.41. The summed E-state index contributed by atoms with van der Waals surface area (Å²) in [7, 11) is 0. The molecule has 5 aromatic rings. The van der Waals surface area contributed by atoms with Crippen LogP contribution in [0.1, 0.15) is 10.4 Å². The number of benzene rings is 5. The molecule has 1 heteroatoms. The minimum absolute atomic E-state index is 0.732. The molecule has 0 aliphatic carbocycles. The maximum atomic E-state index is 11.3. The van der Waals surface area contributed by atoms with Crippen molar-refractivity contribution in [1.29, 1.82) is 0 Å². The van der Waals surface area contributed by atoms with Crippen molar-refractivity contribution in [3.8, 4) is 0 Å². The Hall–Kier alpha value is -2.93. The highest BCUT2D eigenvalue weighted by Crippen LogP contribution is 2.40. The van der Waals surface area contributed by atoms with Crippen molar-refractivity contribution in [2.75, 3.05) is 0 Å². The largest absolute Gasteiger partial charge is 0.298 e. The molecule has 0 N–H and O–H groups in total. The van der Waals surface area contributed by atoms with Crippen LogP contribution in [-0.4, -0.2) is 6.29 Å². The molecule has 0 atom stereocenters. The third kappa shape index (κ3) is 1.35. The Labute approximate surface area is 127 Å². The lowest BCUT2D eigenvalue weighted by Crippen LogP contribution is -1.88. The molecule has 102 valence electrons. The van der Waals surface area contributed by atoms with Crippen LogP contribution >= 0.6 is 0 Å². The summed E-state index contributed by atoms with van der Waals surface area (Å²) in [5.41, 5.74) is 0.732. The van der Waals surface area contributed by atoms with Crippen molar-refractivity contribution in [1.82, 2.24) is 0 Å². The first-order chi connectivity index (χ1) is 10.9. The van der Waals surface area contributed by atoms with Crippen LogP contribution < -0.4 is 0 Å². The summed E-state index contributed by atoms with van der Waals surface area (Å²) >= 11 is 0. The van der Waals surface area contributed by atoms with Gasteiger partial charge in [0, 0.05) is 5.56 Å². The minimum Gasteiger partial charge on any atom is -0.298 e. The van der Waals surface area contributed by atoms with E-state index in [1.165, 1.54) is 37.7 Å². The zero-order valence-electron chi connectivity index (χ0n) is 11.8. The molecule has 0 saturated heterocycles. The molecule has 0 aromatic heterocycles. The van der Waals surface area contributed by atoms with Crippen LogP contribution in [0.25, 0.3) is 43.1 Å². The van der Waals surface area contributed by atoms with Gasteiger partial charge in [-0.15, -0.1) is 0 Å². The normalized spacial score (nSPS) is 11.8. The van der Waals surface area contributed by atoms with Crippen LogP contribution in [0, 0.1) is 0 Å². The fraction of sp³-hybridized carbons (Fsp3) is 0. The summed E-state index contributed by atoms with van der Waals surface area (Å²) in [4.78, 5) is 11.3. The molecule has 0 bridgehead atoms. The Balaban J connectivity index is 2.25. The summed E-state index contributed by atoms with van der Waals surface area (Å²) in [5.74, 6) is 0. The number of aldehydes is 1. The average Bonchev–Trinajstić information content (AvgIpc) is 2.58. The first kappa shape index (κ1) is 11.7. The summed E-state index contributed by atoms with van der Waals surface area (Å²) in [6.07, 6.45) is 0.934. The molecule has 0 saturated carbocycles. The van der Waals surface area contributed by atoms with E-state index in [1.807, 2.05) is 12.1 Å². The van der Waals surface area contributed by atoms with Gasteiger partial charge in [-0.05, 0) is 55.2 Å². The lowest BCUT2D eigenvalue weighted by Gasteiger charge is -2.14. The summed E-state index contributed by atoms with van der Waals surface area (Å²) < 4.78 is 0. The molecule has 0 heterocycles. The Morgan fingerprint density at radius 2 is 1.14 bits per heavy atom. The monoisotopic (exact) mass is 280 g/mol. The van der Waals surface area contributed by atoms with Gasteiger partial charge in [0.05, 0.1) is 0 Å². The second-order valence-electron chi connectivity index (χ2n) is 5.80. The van der Waals surface area contributed by atoms with Crippen molar-refractivity contribution in [3.05, 3.63) is 72.3 Å². The van der Waals surface area contributed by atoms with E-state index in [0.29, 0.717) is 0 Å². The maximum Gasteiger partial charge on any atom is 0.150 e. The van der Waals surface area contributed by atoms with E-state index in [1.54, 1.807) is 0 Å². The van der Waals surface area contributed by atoms with Crippen molar-refractivity contribution in [2.45, 2.75) is 0 Å². The lowest BCUT2D eigenvalue weighted by atomic mass is 9.89. The van der Waals surface area contributed by atoms with E-state index in [9.17, 15) is 4.79 Å². The highest BCUT2D eigenvalue weighted by atomic mass is 16.1. The first-order valence-corrected chi connectivity index (χ1v) is 7.41. The van der Waals surface area contributed by atoms with E-state index in [0.717, 1.165) is 17.2 Å². The topological polar surface area (TPSA) is 17.1 Å². The van der Waals surface area contributed by atoms with Crippen LogP contribution in [0.15, 0.2) is 66.7 Å². The fourth-order valence-electron chi connectivity index (χ4n) is 3.75. The zero-order valence-corrected chi connectivity index (χ0v) is 11.8. The standard InChI is InChI=1S/C21H12O/c22-12-13-10-15-6-3-8-17-16-7-1-4-14-5-2-9-18(20(14)16)19(11-13)21(15)17/h1-12H. The van der Waals surface area contributed by atoms with Crippen LogP contribution in [0.5, 0.6) is 0 Å². The fourth-order valence-corrected chi connectivity index (χ4v) is 3.75. The smallest absolute Gasteiger partial charge is 0.150 e. The minimum atomic E-state index is 0.732. The van der Waals surface area contributed by atoms with E-state index in [2.05, 4.69) is 54.6 Å². The third-order valence-electron chi connectivity index (χ3n) is 4.62. The van der Waals surface area contributed by atoms with Gasteiger partial charge < -0.3 is 0 Å². The van der Waals surface area contributed by atoms with Crippen LogP contribution in [0.2, 0.25) is 0 Å². The molecule has 1 nitrogen and oxygen atoms in total. The van der Waals surface area contributed by atoms with Gasteiger partial charge in [0.15, 0.2) is 0 Å².